The fraction of sp³-hybridized carbons (Fsp3) is 0.0476. The minimum Gasteiger partial charge on any atom is -0.308 e. The Morgan fingerprint density at radius 2 is 1.61 bits per heavy atom. The van der Waals surface area contributed by atoms with E-state index in [1.165, 1.54) is 30.3 Å². The molecule has 0 saturated heterocycles. The average molecular weight is 486 g/mol. The summed E-state index contributed by atoms with van der Waals surface area (Å²) < 4.78 is 50.9. The van der Waals surface area contributed by atoms with Gasteiger partial charge >= 0.3 is 6.03 Å². The molecule has 10 nitrogen and oxygen atoms in total. The number of nitrogens with zero attached hydrogens (tertiary/aromatic N) is 1. The number of nitrogens with one attached hydrogen (secondary N) is 3. The second-order valence-electron chi connectivity index (χ2n) is 6.77. The van der Waals surface area contributed by atoms with Crippen LogP contribution in [0.3, 0.4) is 0 Å². The molecule has 33 heavy (non-hydrogen) atoms. The molecule has 12 heteroatoms. The van der Waals surface area contributed by atoms with Crippen LogP contribution < -0.4 is 20.5 Å². The Bertz CT molecular complexity index is 1430. The van der Waals surface area contributed by atoms with Gasteiger partial charge in [-0.05, 0) is 48.0 Å². The van der Waals surface area contributed by atoms with Crippen LogP contribution in [0, 0.1) is 11.3 Å². The number of hydrogen-bond donors (Lipinski definition) is 4. The van der Waals surface area contributed by atoms with Crippen molar-refractivity contribution in [2.45, 2.75) is 16.3 Å². The van der Waals surface area contributed by atoms with E-state index >= 15 is 0 Å². The Morgan fingerprint density at radius 3 is 2.27 bits per heavy atom. The van der Waals surface area contributed by atoms with Crippen LogP contribution in [0.15, 0.2) is 82.6 Å². The van der Waals surface area contributed by atoms with Crippen molar-refractivity contribution in [1.82, 2.24) is 4.72 Å². The van der Waals surface area contributed by atoms with Crippen LogP contribution in [-0.4, -0.2) is 22.9 Å². The van der Waals surface area contributed by atoms with E-state index in [-0.39, 0.29) is 22.0 Å². The molecule has 0 unspecified atom stereocenters. The molecular weight excluding hydrogens is 466 g/mol. The number of primary sulfonamides is 1. The molecule has 3 aromatic rings. The number of carbonyl (C=O) groups excluding carboxylic acids is 1. The van der Waals surface area contributed by atoms with Gasteiger partial charge in [-0.3, -0.25) is 0 Å². The Morgan fingerprint density at radius 1 is 0.879 bits per heavy atom. The molecule has 0 heterocycles. The fourth-order valence-corrected chi connectivity index (χ4v) is 4.38. The molecule has 0 bridgehead atoms. The van der Waals surface area contributed by atoms with Crippen LogP contribution in [0.2, 0.25) is 0 Å². The number of nitrogens with two attached hydrogens (primary N) is 1. The van der Waals surface area contributed by atoms with E-state index in [9.17, 15) is 21.6 Å². The molecular formula is C21H19N5O5S2. The second kappa shape index (κ2) is 9.80. The molecule has 0 fully saturated rings. The third kappa shape index (κ3) is 6.37. The number of hydrogen-bond acceptors (Lipinski definition) is 6. The first-order valence-electron chi connectivity index (χ1n) is 9.37. The highest BCUT2D eigenvalue weighted by molar-refractivity contribution is 7.89. The van der Waals surface area contributed by atoms with E-state index in [2.05, 4.69) is 15.4 Å². The Hall–Kier alpha value is -3.76. The zero-order valence-corrected chi connectivity index (χ0v) is 18.7. The SMILES string of the molecule is N#Cc1cccc(NC(=O)Nc2cc(S(N)(=O)=O)ccc2CNS(=O)(=O)c2ccccc2)c1. The number of benzene rings is 3. The van der Waals surface area contributed by atoms with Crippen LogP contribution in [0.4, 0.5) is 16.2 Å². The first-order valence-corrected chi connectivity index (χ1v) is 12.4. The maximum Gasteiger partial charge on any atom is 0.323 e. The number of amides is 2. The third-order valence-electron chi connectivity index (χ3n) is 4.41. The van der Waals surface area contributed by atoms with Crippen molar-refractivity contribution in [2.75, 3.05) is 10.6 Å². The predicted octanol–water partition coefficient (Wildman–Crippen LogP) is 2.33. The van der Waals surface area contributed by atoms with Crippen molar-refractivity contribution in [3.63, 3.8) is 0 Å². The van der Waals surface area contributed by atoms with Crippen molar-refractivity contribution in [3.05, 3.63) is 83.9 Å². The Labute approximate surface area is 191 Å². The van der Waals surface area contributed by atoms with E-state index in [1.54, 1.807) is 36.4 Å². The number of urea groups is 1. The summed E-state index contributed by atoms with van der Waals surface area (Å²) in [7, 11) is -7.93. The molecule has 0 aliphatic heterocycles. The van der Waals surface area contributed by atoms with Gasteiger partial charge < -0.3 is 10.6 Å². The van der Waals surface area contributed by atoms with Gasteiger partial charge in [-0.2, -0.15) is 5.26 Å². The molecule has 170 valence electrons. The van der Waals surface area contributed by atoms with Gasteiger partial charge in [0.1, 0.15) is 0 Å². The van der Waals surface area contributed by atoms with Crippen LogP contribution >= 0.6 is 0 Å². The Balaban J connectivity index is 1.85. The molecule has 0 aliphatic carbocycles. The lowest BCUT2D eigenvalue weighted by Gasteiger charge is -2.14. The zero-order chi connectivity index (χ0) is 24.1. The van der Waals surface area contributed by atoms with Crippen molar-refractivity contribution in [1.29, 1.82) is 5.26 Å². The number of sulfonamides is 2. The van der Waals surface area contributed by atoms with Crippen LogP contribution in [0.5, 0.6) is 0 Å². The smallest absolute Gasteiger partial charge is 0.308 e. The van der Waals surface area contributed by atoms with Crippen molar-refractivity contribution in [2.24, 2.45) is 5.14 Å². The number of nitriles is 1. The number of carbonyl (C=O) groups is 1. The standard InChI is InChI=1S/C21H19N5O5S2/c22-13-15-5-4-6-17(11-15)25-21(27)26-20-12-19(32(23,28)29)10-9-16(20)14-24-33(30,31)18-7-2-1-3-8-18/h1-12,24H,14H2,(H2,23,28,29)(H2,25,26,27). The van der Waals surface area contributed by atoms with Gasteiger partial charge in [0.15, 0.2) is 0 Å². The van der Waals surface area contributed by atoms with E-state index in [0.717, 1.165) is 6.07 Å². The zero-order valence-electron chi connectivity index (χ0n) is 17.0. The molecule has 0 atom stereocenters. The summed E-state index contributed by atoms with van der Waals surface area (Å²) in [4.78, 5) is 12.3. The summed E-state index contributed by atoms with van der Waals surface area (Å²) in [6, 6.07) is 18.8. The summed E-state index contributed by atoms with van der Waals surface area (Å²) >= 11 is 0. The summed E-state index contributed by atoms with van der Waals surface area (Å²) in [6.07, 6.45) is 0. The quantitative estimate of drug-likeness (QED) is 0.400. The summed E-state index contributed by atoms with van der Waals surface area (Å²) in [6.45, 7) is -0.234. The van der Waals surface area contributed by atoms with Crippen LogP contribution in [0.25, 0.3) is 0 Å². The van der Waals surface area contributed by atoms with E-state index in [0.29, 0.717) is 16.8 Å². The summed E-state index contributed by atoms with van der Waals surface area (Å²) in [5.74, 6) is 0. The van der Waals surface area contributed by atoms with E-state index in [4.69, 9.17) is 10.4 Å². The number of anilines is 2. The summed E-state index contributed by atoms with van der Waals surface area (Å²) in [5.41, 5.74) is 0.995. The van der Waals surface area contributed by atoms with Crippen molar-refractivity contribution < 1.29 is 21.6 Å². The highest BCUT2D eigenvalue weighted by Gasteiger charge is 2.17. The van der Waals surface area contributed by atoms with Gasteiger partial charge in [-0.15, -0.1) is 0 Å². The first-order chi connectivity index (χ1) is 15.6. The molecule has 3 aromatic carbocycles. The Kier molecular flexibility index (Phi) is 7.10. The van der Waals surface area contributed by atoms with Crippen molar-refractivity contribution in [3.8, 4) is 6.07 Å². The molecule has 0 spiro atoms. The van der Waals surface area contributed by atoms with E-state index in [1.807, 2.05) is 6.07 Å². The van der Waals surface area contributed by atoms with E-state index < -0.39 is 26.1 Å². The first kappa shape index (κ1) is 23.9. The highest BCUT2D eigenvalue weighted by atomic mass is 32.2. The van der Waals surface area contributed by atoms with Gasteiger partial charge in [0, 0.05) is 17.9 Å². The van der Waals surface area contributed by atoms with Gasteiger partial charge in [0.2, 0.25) is 20.0 Å². The van der Waals surface area contributed by atoms with Gasteiger partial charge in [-0.1, -0.05) is 30.3 Å². The van der Waals surface area contributed by atoms with Crippen LogP contribution in [-0.2, 0) is 26.6 Å². The molecule has 3 rings (SSSR count). The van der Waals surface area contributed by atoms with Crippen molar-refractivity contribution >= 4 is 37.5 Å². The number of rotatable bonds is 7. The molecule has 0 aromatic heterocycles. The lowest BCUT2D eigenvalue weighted by Crippen LogP contribution is -2.25. The molecule has 0 radical (unpaired) electrons. The largest absolute Gasteiger partial charge is 0.323 e. The summed E-state index contributed by atoms with van der Waals surface area (Å²) in [5, 5.41) is 19.2. The van der Waals surface area contributed by atoms with Gasteiger partial charge in [0.05, 0.1) is 21.4 Å². The average Bonchev–Trinajstić information content (AvgIpc) is 2.78. The molecule has 5 N–H and O–H groups in total. The maximum absolute atomic E-state index is 12.5. The fourth-order valence-electron chi connectivity index (χ4n) is 2.81. The third-order valence-corrected chi connectivity index (χ3v) is 6.74. The molecule has 2 amide bonds. The van der Waals surface area contributed by atoms with Gasteiger partial charge in [0.25, 0.3) is 0 Å². The monoisotopic (exact) mass is 485 g/mol. The lowest BCUT2D eigenvalue weighted by atomic mass is 10.2. The molecule has 0 saturated carbocycles. The maximum atomic E-state index is 12.5. The normalized spacial score (nSPS) is 11.4. The highest BCUT2D eigenvalue weighted by Crippen LogP contribution is 2.22. The minimum absolute atomic E-state index is 0.0335. The lowest BCUT2D eigenvalue weighted by molar-refractivity contribution is 0.262. The molecule has 0 aliphatic rings. The topological polar surface area (TPSA) is 171 Å². The second-order valence-corrected chi connectivity index (χ2v) is 10.1. The van der Waals surface area contributed by atoms with Gasteiger partial charge in [-0.25, -0.2) is 31.5 Å². The predicted molar refractivity (Wildman–Crippen MR) is 122 cm³/mol. The van der Waals surface area contributed by atoms with Crippen LogP contribution in [0.1, 0.15) is 11.1 Å². The minimum atomic E-state index is -4.08.